The van der Waals surface area contributed by atoms with Gasteiger partial charge in [0.25, 0.3) is 5.89 Å². The van der Waals surface area contributed by atoms with Crippen LogP contribution in [0.5, 0.6) is 5.75 Å². The molecule has 0 radical (unpaired) electrons. The molecule has 0 aliphatic heterocycles. The Hall–Kier alpha value is -3.15. The Morgan fingerprint density at radius 3 is 2.60 bits per heavy atom. The van der Waals surface area contributed by atoms with Crippen LogP contribution < -0.4 is 4.74 Å². The zero-order valence-corrected chi connectivity index (χ0v) is 14.1. The molecule has 2 heterocycles. The molecule has 25 heavy (non-hydrogen) atoms. The van der Waals surface area contributed by atoms with Crippen LogP contribution in [-0.4, -0.2) is 26.3 Å². The second-order valence-corrected chi connectivity index (χ2v) is 5.61. The minimum Gasteiger partial charge on any atom is -0.494 e. The fraction of sp³-hybridized carbons (Fsp3) is 0.211. The third-order valence-corrected chi connectivity index (χ3v) is 4.06. The average molecular weight is 334 g/mol. The summed E-state index contributed by atoms with van der Waals surface area (Å²) < 4.78 is 13.0. The molecule has 4 aromatic rings. The number of rotatable bonds is 5. The summed E-state index contributed by atoms with van der Waals surface area (Å²) in [4.78, 5) is 8.94. The first-order valence-corrected chi connectivity index (χ1v) is 8.30. The minimum atomic E-state index is 0.484. The van der Waals surface area contributed by atoms with Crippen LogP contribution in [0, 0.1) is 0 Å². The van der Waals surface area contributed by atoms with Crippen LogP contribution in [-0.2, 0) is 6.54 Å². The zero-order chi connectivity index (χ0) is 17.2. The van der Waals surface area contributed by atoms with Gasteiger partial charge in [0.1, 0.15) is 5.75 Å². The third-order valence-electron chi connectivity index (χ3n) is 4.06. The highest BCUT2D eigenvalue weighted by Crippen LogP contribution is 2.26. The van der Waals surface area contributed by atoms with E-state index in [9.17, 15) is 0 Å². The SMILES string of the molecule is CCOc1ccc(-c2nc(-c3ccc4c(c3)ncn4CC)no2)cc1. The van der Waals surface area contributed by atoms with Gasteiger partial charge in [-0.25, -0.2) is 4.98 Å². The van der Waals surface area contributed by atoms with Crippen LogP contribution in [0.25, 0.3) is 33.9 Å². The molecule has 0 atom stereocenters. The molecule has 0 bridgehead atoms. The molecule has 0 spiro atoms. The van der Waals surface area contributed by atoms with E-state index < -0.39 is 0 Å². The fourth-order valence-corrected chi connectivity index (χ4v) is 2.77. The lowest BCUT2D eigenvalue weighted by Crippen LogP contribution is -1.90. The maximum absolute atomic E-state index is 5.45. The van der Waals surface area contributed by atoms with Crippen molar-refractivity contribution in [2.24, 2.45) is 0 Å². The summed E-state index contributed by atoms with van der Waals surface area (Å²) in [5, 5.41) is 4.10. The summed E-state index contributed by atoms with van der Waals surface area (Å²) >= 11 is 0. The number of nitrogens with zero attached hydrogens (tertiary/aromatic N) is 4. The number of hydrogen-bond donors (Lipinski definition) is 0. The number of aromatic nitrogens is 4. The van der Waals surface area contributed by atoms with Crippen LogP contribution >= 0.6 is 0 Å². The van der Waals surface area contributed by atoms with Gasteiger partial charge in [-0.15, -0.1) is 0 Å². The van der Waals surface area contributed by atoms with E-state index in [4.69, 9.17) is 9.26 Å². The van der Waals surface area contributed by atoms with Crippen LogP contribution in [0.2, 0.25) is 0 Å². The molecule has 126 valence electrons. The monoisotopic (exact) mass is 334 g/mol. The number of ether oxygens (including phenoxy) is 1. The van der Waals surface area contributed by atoms with E-state index in [1.54, 1.807) is 0 Å². The number of imidazole rings is 1. The Morgan fingerprint density at radius 2 is 1.84 bits per heavy atom. The number of fused-ring (bicyclic) bond motifs is 1. The largest absolute Gasteiger partial charge is 0.494 e. The molecule has 0 fully saturated rings. The summed E-state index contributed by atoms with van der Waals surface area (Å²) in [6.45, 7) is 5.58. The molecule has 0 saturated carbocycles. The molecular formula is C19H18N4O2. The Kier molecular flexibility index (Phi) is 3.93. The third kappa shape index (κ3) is 2.87. The van der Waals surface area contributed by atoms with E-state index >= 15 is 0 Å². The average Bonchev–Trinajstić information content (AvgIpc) is 3.29. The molecule has 0 saturated heterocycles. The number of hydrogen-bond acceptors (Lipinski definition) is 5. The lowest BCUT2D eigenvalue weighted by molar-refractivity contribution is 0.340. The molecule has 0 N–H and O–H groups in total. The standard InChI is InChI=1S/C19H18N4O2/c1-3-23-12-20-16-11-14(7-10-17(16)23)18-21-19(25-22-18)13-5-8-15(9-6-13)24-4-2/h5-12H,3-4H2,1-2H3. The summed E-state index contributed by atoms with van der Waals surface area (Å²) in [6, 6.07) is 13.6. The van der Waals surface area contributed by atoms with Gasteiger partial charge in [-0.1, -0.05) is 5.16 Å². The lowest BCUT2D eigenvalue weighted by Gasteiger charge is -2.02. The van der Waals surface area contributed by atoms with Gasteiger partial charge in [-0.05, 0) is 56.3 Å². The van der Waals surface area contributed by atoms with Crippen LogP contribution in [0.1, 0.15) is 13.8 Å². The topological polar surface area (TPSA) is 66.0 Å². The van der Waals surface area contributed by atoms with Gasteiger partial charge in [-0.2, -0.15) is 4.98 Å². The maximum atomic E-state index is 5.45. The van der Waals surface area contributed by atoms with E-state index in [0.29, 0.717) is 18.3 Å². The van der Waals surface area contributed by atoms with E-state index in [0.717, 1.165) is 34.5 Å². The normalized spacial score (nSPS) is 11.1. The van der Waals surface area contributed by atoms with Crippen LogP contribution in [0.15, 0.2) is 53.3 Å². The van der Waals surface area contributed by atoms with Crippen LogP contribution in [0.3, 0.4) is 0 Å². The minimum absolute atomic E-state index is 0.484. The number of aryl methyl sites for hydroxylation is 1. The van der Waals surface area contributed by atoms with Crippen molar-refractivity contribution in [3.8, 4) is 28.6 Å². The van der Waals surface area contributed by atoms with Crippen molar-refractivity contribution < 1.29 is 9.26 Å². The van der Waals surface area contributed by atoms with Crippen molar-refractivity contribution in [3.05, 3.63) is 48.8 Å². The second kappa shape index (κ2) is 6.39. The van der Waals surface area contributed by atoms with E-state index in [2.05, 4.69) is 26.6 Å². The van der Waals surface area contributed by atoms with Crippen molar-refractivity contribution >= 4 is 11.0 Å². The second-order valence-electron chi connectivity index (χ2n) is 5.61. The Balaban J connectivity index is 1.64. The first kappa shape index (κ1) is 15.4. The van der Waals surface area contributed by atoms with E-state index in [-0.39, 0.29) is 0 Å². The highest BCUT2D eigenvalue weighted by atomic mass is 16.5. The van der Waals surface area contributed by atoms with Crippen molar-refractivity contribution in [2.75, 3.05) is 6.61 Å². The molecule has 2 aromatic heterocycles. The molecule has 6 heteroatoms. The Bertz CT molecular complexity index is 1000. The van der Waals surface area contributed by atoms with Crippen molar-refractivity contribution in [2.45, 2.75) is 20.4 Å². The number of benzene rings is 2. The quantitative estimate of drug-likeness (QED) is 0.548. The predicted molar refractivity (Wildman–Crippen MR) is 95.3 cm³/mol. The van der Waals surface area contributed by atoms with Gasteiger partial charge >= 0.3 is 0 Å². The summed E-state index contributed by atoms with van der Waals surface area (Å²) in [7, 11) is 0. The first-order chi connectivity index (χ1) is 12.3. The highest BCUT2D eigenvalue weighted by molar-refractivity contribution is 5.80. The molecule has 6 nitrogen and oxygen atoms in total. The molecule has 2 aromatic carbocycles. The van der Waals surface area contributed by atoms with Crippen molar-refractivity contribution in [1.29, 1.82) is 0 Å². The van der Waals surface area contributed by atoms with Crippen LogP contribution in [0.4, 0.5) is 0 Å². The van der Waals surface area contributed by atoms with Gasteiger partial charge < -0.3 is 13.8 Å². The Morgan fingerprint density at radius 1 is 1.04 bits per heavy atom. The summed E-state index contributed by atoms with van der Waals surface area (Å²) in [5.74, 6) is 1.86. The summed E-state index contributed by atoms with van der Waals surface area (Å²) in [6.07, 6.45) is 1.84. The van der Waals surface area contributed by atoms with Gasteiger partial charge in [0.05, 0.1) is 24.0 Å². The van der Waals surface area contributed by atoms with Gasteiger partial charge in [-0.3, -0.25) is 0 Å². The molecule has 0 aliphatic carbocycles. The predicted octanol–water partition coefficient (Wildman–Crippen LogP) is 4.17. The molecule has 4 rings (SSSR count). The first-order valence-electron chi connectivity index (χ1n) is 8.30. The van der Waals surface area contributed by atoms with E-state index in [1.165, 1.54) is 0 Å². The van der Waals surface area contributed by atoms with Gasteiger partial charge in [0.15, 0.2) is 0 Å². The maximum Gasteiger partial charge on any atom is 0.258 e. The zero-order valence-electron chi connectivity index (χ0n) is 14.1. The highest BCUT2D eigenvalue weighted by Gasteiger charge is 2.12. The Labute approximate surface area is 145 Å². The van der Waals surface area contributed by atoms with Crippen molar-refractivity contribution in [3.63, 3.8) is 0 Å². The molecule has 0 aliphatic rings. The molecule has 0 unspecified atom stereocenters. The van der Waals surface area contributed by atoms with Crippen molar-refractivity contribution in [1.82, 2.24) is 19.7 Å². The molecule has 0 amide bonds. The smallest absolute Gasteiger partial charge is 0.258 e. The fourth-order valence-electron chi connectivity index (χ4n) is 2.77. The lowest BCUT2D eigenvalue weighted by atomic mass is 10.2. The van der Waals surface area contributed by atoms with Gasteiger partial charge in [0.2, 0.25) is 5.82 Å². The molecular weight excluding hydrogens is 316 g/mol. The van der Waals surface area contributed by atoms with Gasteiger partial charge in [0, 0.05) is 17.7 Å². The summed E-state index contributed by atoms with van der Waals surface area (Å²) in [5.41, 5.74) is 3.77. The van der Waals surface area contributed by atoms with E-state index in [1.807, 2.05) is 55.7 Å².